The molecule has 0 aromatic rings. The Morgan fingerprint density at radius 3 is 3.10 bits per heavy atom. The Labute approximate surface area is 59.4 Å². The van der Waals surface area contributed by atoms with Gasteiger partial charge in [0, 0.05) is 26.1 Å². The van der Waals surface area contributed by atoms with Gasteiger partial charge in [0.15, 0.2) is 0 Å². The Hall–Kier alpha value is -1.12. The number of esters is 1. The largest absolute Gasteiger partial charge is 0.431 e. The highest BCUT2D eigenvalue weighted by molar-refractivity contribution is 5.74. The highest BCUT2D eigenvalue weighted by Crippen LogP contribution is 2.06. The Balaban J connectivity index is 2.47. The summed E-state index contributed by atoms with van der Waals surface area (Å²) >= 11 is 0. The van der Waals surface area contributed by atoms with E-state index in [1.54, 1.807) is 12.3 Å². The van der Waals surface area contributed by atoms with E-state index in [0.29, 0.717) is 5.76 Å². The van der Waals surface area contributed by atoms with Crippen molar-refractivity contribution in [2.75, 3.05) is 6.54 Å². The van der Waals surface area contributed by atoms with E-state index in [1.807, 2.05) is 0 Å². The smallest absolute Gasteiger partial charge is 0.307 e. The number of carbonyl (C=O) groups excluding carboxylic acids is 1. The molecule has 0 amide bonds. The second-order valence-electron chi connectivity index (χ2n) is 2.03. The number of carbonyl (C=O) groups is 1. The molecule has 54 valence electrons. The maximum absolute atomic E-state index is 10.4. The maximum atomic E-state index is 10.4. The van der Waals surface area contributed by atoms with Crippen molar-refractivity contribution in [3.05, 3.63) is 11.8 Å². The average Bonchev–Trinajstić information content (AvgIpc) is 1.88. The molecule has 1 heterocycles. The topological polar surface area (TPSA) is 38.7 Å². The summed E-state index contributed by atoms with van der Waals surface area (Å²) in [7, 11) is 0. The molecule has 0 radical (unpaired) electrons. The molecule has 0 atom stereocenters. The summed E-state index contributed by atoms with van der Waals surface area (Å²) in [5.41, 5.74) is 0. The van der Waals surface area contributed by atoms with E-state index in [0.717, 1.165) is 13.0 Å². The highest BCUT2D eigenvalue weighted by atomic mass is 16.5. The van der Waals surface area contributed by atoms with Crippen LogP contribution in [0.3, 0.4) is 0 Å². The fraction of sp³-hybridized carbons (Fsp3) is 0.429. The lowest BCUT2D eigenvalue weighted by Gasteiger charge is -2.06. The summed E-state index contributed by atoms with van der Waals surface area (Å²) in [6.45, 7) is 2.12. The summed E-state index contributed by atoms with van der Waals surface area (Å²) in [6.07, 6.45) is 4.10. The Morgan fingerprint density at radius 1 is 1.80 bits per heavy atom. The number of rotatable bonds is 1. The van der Waals surface area contributed by atoms with Gasteiger partial charge in [0.25, 0.3) is 0 Å². The summed E-state index contributed by atoms with van der Waals surface area (Å²) < 4.78 is 4.82. The second-order valence-corrected chi connectivity index (χ2v) is 2.03. The van der Waals surface area contributed by atoms with Crippen molar-refractivity contribution in [2.24, 2.45) is 4.99 Å². The zero-order valence-electron chi connectivity index (χ0n) is 5.83. The first-order valence-corrected chi connectivity index (χ1v) is 3.16. The van der Waals surface area contributed by atoms with Gasteiger partial charge < -0.3 is 4.74 Å². The predicted octanol–water partition coefficient (Wildman–Crippen LogP) is 0.908. The van der Waals surface area contributed by atoms with Gasteiger partial charge in [-0.2, -0.15) is 0 Å². The summed E-state index contributed by atoms with van der Waals surface area (Å²) in [5, 5.41) is 0. The number of ether oxygens (including phenoxy) is 1. The van der Waals surface area contributed by atoms with E-state index in [2.05, 4.69) is 4.99 Å². The van der Waals surface area contributed by atoms with Crippen LogP contribution >= 0.6 is 0 Å². The third-order valence-corrected chi connectivity index (χ3v) is 1.13. The second kappa shape index (κ2) is 3.15. The third kappa shape index (κ3) is 2.01. The van der Waals surface area contributed by atoms with Gasteiger partial charge in [-0.05, 0) is 6.08 Å². The van der Waals surface area contributed by atoms with Crippen molar-refractivity contribution in [3.63, 3.8) is 0 Å². The van der Waals surface area contributed by atoms with Crippen LogP contribution in [-0.2, 0) is 9.53 Å². The van der Waals surface area contributed by atoms with Crippen molar-refractivity contribution in [1.82, 2.24) is 0 Å². The molecule has 3 nitrogen and oxygen atoms in total. The normalized spacial score (nSPS) is 16.3. The number of hydrogen-bond donors (Lipinski definition) is 0. The first-order chi connectivity index (χ1) is 4.79. The molecule has 0 aromatic heterocycles. The van der Waals surface area contributed by atoms with Crippen LogP contribution in [0.15, 0.2) is 16.8 Å². The molecule has 1 aliphatic rings. The van der Waals surface area contributed by atoms with E-state index < -0.39 is 0 Å². The molecule has 0 fully saturated rings. The van der Waals surface area contributed by atoms with E-state index in [-0.39, 0.29) is 5.97 Å². The molecule has 0 spiro atoms. The molecule has 0 bridgehead atoms. The zero-order valence-corrected chi connectivity index (χ0v) is 5.83. The molecule has 0 N–H and O–H groups in total. The Bertz CT molecular complexity index is 194. The van der Waals surface area contributed by atoms with Crippen LogP contribution in [0.25, 0.3) is 0 Å². The minimum Gasteiger partial charge on any atom is -0.431 e. The number of dihydropyridines is 1. The van der Waals surface area contributed by atoms with Crippen LogP contribution in [0, 0.1) is 0 Å². The minimum atomic E-state index is -0.262. The van der Waals surface area contributed by atoms with Crippen LogP contribution in [0.1, 0.15) is 13.3 Å². The van der Waals surface area contributed by atoms with Gasteiger partial charge in [-0.1, -0.05) is 0 Å². The summed E-state index contributed by atoms with van der Waals surface area (Å²) in [5.74, 6) is 0.448. The lowest BCUT2D eigenvalue weighted by atomic mass is 10.3. The van der Waals surface area contributed by atoms with Gasteiger partial charge in [0.05, 0.1) is 0 Å². The summed E-state index contributed by atoms with van der Waals surface area (Å²) in [4.78, 5) is 14.3. The van der Waals surface area contributed by atoms with Crippen LogP contribution in [0.4, 0.5) is 0 Å². The Morgan fingerprint density at radius 2 is 2.60 bits per heavy atom. The first kappa shape index (κ1) is 6.99. The predicted molar refractivity (Wildman–Crippen MR) is 37.8 cm³/mol. The molecule has 0 saturated carbocycles. The van der Waals surface area contributed by atoms with Crippen LogP contribution < -0.4 is 0 Å². The minimum absolute atomic E-state index is 0.262. The standard InChI is InChI=1S/C7H9NO2/c1-6(9)10-7-2-4-8-5-3-7/h2,4H,3,5H2,1H3. The lowest BCUT2D eigenvalue weighted by Crippen LogP contribution is -2.03. The molecule has 0 saturated heterocycles. The van der Waals surface area contributed by atoms with Crippen molar-refractivity contribution in [3.8, 4) is 0 Å². The van der Waals surface area contributed by atoms with Gasteiger partial charge in [0.1, 0.15) is 5.76 Å². The molecule has 10 heavy (non-hydrogen) atoms. The molecule has 1 rings (SSSR count). The van der Waals surface area contributed by atoms with Crippen molar-refractivity contribution >= 4 is 12.2 Å². The number of allylic oxidation sites excluding steroid dienone is 1. The number of nitrogens with zero attached hydrogens (tertiary/aromatic N) is 1. The summed E-state index contributed by atoms with van der Waals surface area (Å²) in [6, 6.07) is 0. The molecular weight excluding hydrogens is 130 g/mol. The van der Waals surface area contributed by atoms with Gasteiger partial charge in [-0.25, -0.2) is 0 Å². The average molecular weight is 139 g/mol. The van der Waals surface area contributed by atoms with Gasteiger partial charge >= 0.3 is 5.97 Å². The van der Waals surface area contributed by atoms with Gasteiger partial charge in [-0.3, -0.25) is 9.79 Å². The molecule has 1 aliphatic heterocycles. The fourth-order valence-corrected chi connectivity index (χ4v) is 0.738. The molecule has 0 aromatic carbocycles. The molecule has 0 unspecified atom stereocenters. The van der Waals surface area contributed by atoms with Crippen LogP contribution in [-0.4, -0.2) is 18.7 Å². The van der Waals surface area contributed by atoms with Gasteiger partial charge in [-0.15, -0.1) is 0 Å². The molecular formula is C7H9NO2. The lowest BCUT2D eigenvalue weighted by molar-refractivity contribution is -0.137. The maximum Gasteiger partial charge on any atom is 0.307 e. The first-order valence-electron chi connectivity index (χ1n) is 3.16. The zero-order chi connectivity index (χ0) is 7.40. The van der Waals surface area contributed by atoms with Crippen LogP contribution in [0.5, 0.6) is 0 Å². The SMILES string of the molecule is CC(=O)OC1=CC=NCC1. The van der Waals surface area contributed by atoms with E-state index in [1.165, 1.54) is 6.92 Å². The third-order valence-electron chi connectivity index (χ3n) is 1.13. The quantitative estimate of drug-likeness (QED) is 0.506. The van der Waals surface area contributed by atoms with Crippen molar-refractivity contribution in [1.29, 1.82) is 0 Å². The van der Waals surface area contributed by atoms with Crippen molar-refractivity contribution < 1.29 is 9.53 Å². The Kier molecular flexibility index (Phi) is 2.20. The molecule has 3 heteroatoms. The van der Waals surface area contributed by atoms with E-state index in [4.69, 9.17) is 4.74 Å². The number of aliphatic imine (C=N–C) groups is 1. The fourth-order valence-electron chi connectivity index (χ4n) is 0.738. The number of hydrogen-bond acceptors (Lipinski definition) is 3. The highest BCUT2D eigenvalue weighted by Gasteiger charge is 2.02. The van der Waals surface area contributed by atoms with E-state index >= 15 is 0 Å². The van der Waals surface area contributed by atoms with Crippen molar-refractivity contribution in [2.45, 2.75) is 13.3 Å². The van der Waals surface area contributed by atoms with Gasteiger partial charge in [0.2, 0.25) is 0 Å². The van der Waals surface area contributed by atoms with E-state index in [9.17, 15) is 4.79 Å². The van der Waals surface area contributed by atoms with Crippen LogP contribution in [0.2, 0.25) is 0 Å². The molecule has 0 aliphatic carbocycles. The monoisotopic (exact) mass is 139 g/mol.